The van der Waals surface area contributed by atoms with Crippen molar-refractivity contribution in [3.8, 4) is 67.8 Å². The number of hydrogen-bond acceptors (Lipinski definition) is 5. The quantitative estimate of drug-likeness (QED) is 0.180. The van der Waals surface area contributed by atoms with Gasteiger partial charge in [0.2, 0.25) is 0 Å². The lowest BCUT2D eigenvalue weighted by Gasteiger charge is -2.22. The number of pyridine rings is 1. The van der Waals surface area contributed by atoms with Gasteiger partial charge in [-0.05, 0) is 64.6 Å². The van der Waals surface area contributed by atoms with Gasteiger partial charge in [0.1, 0.15) is 23.1 Å². The summed E-state index contributed by atoms with van der Waals surface area (Å²) < 4.78 is 11.5. The van der Waals surface area contributed by atoms with Crippen molar-refractivity contribution >= 4 is 45.0 Å². The number of imidazole rings is 1. The van der Waals surface area contributed by atoms with Gasteiger partial charge in [-0.3, -0.25) is 9.55 Å². The molecule has 1 aliphatic rings. The first-order valence-corrected chi connectivity index (χ1v) is 22.0. The van der Waals surface area contributed by atoms with Crippen molar-refractivity contribution < 1.29 is 9.84 Å². The SMILES string of the molecule is CC(C)(C)c1ccc(O)c(-c2nc3c(-c4ccc5c(c4)-c4nccc6sc([Si](C)(C)C)c(c46)O5)cccc3n2-c2ccccc2-c2ccccc2)c1. The highest BCUT2D eigenvalue weighted by atomic mass is 32.1. The van der Waals surface area contributed by atoms with E-state index in [0.717, 1.165) is 72.7 Å². The number of benzene rings is 5. The number of ether oxygens (including phenoxy) is 1. The fourth-order valence-electron chi connectivity index (χ4n) is 7.36. The van der Waals surface area contributed by atoms with E-state index in [2.05, 4.69) is 142 Å². The molecular weight excluding hydrogens is 675 g/mol. The number of nitrogens with zero attached hydrogens (tertiary/aromatic N) is 3. The zero-order valence-corrected chi connectivity index (χ0v) is 32.0. The highest BCUT2D eigenvalue weighted by Crippen LogP contribution is 2.49. The number of rotatable bonds is 5. The van der Waals surface area contributed by atoms with Gasteiger partial charge >= 0.3 is 0 Å². The minimum atomic E-state index is -1.65. The molecule has 0 atom stereocenters. The second kappa shape index (κ2) is 11.8. The van der Waals surface area contributed by atoms with Crippen molar-refractivity contribution in [2.24, 2.45) is 0 Å². The summed E-state index contributed by atoms with van der Waals surface area (Å²) in [4.78, 5) is 10.4. The molecule has 5 nitrogen and oxygen atoms in total. The molecule has 7 heteroatoms. The van der Waals surface area contributed by atoms with Crippen LogP contribution in [0, 0.1) is 0 Å². The predicted molar refractivity (Wildman–Crippen MR) is 219 cm³/mol. The van der Waals surface area contributed by atoms with Crippen molar-refractivity contribution in [2.75, 3.05) is 0 Å². The van der Waals surface area contributed by atoms with Gasteiger partial charge in [-0.25, -0.2) is 4.98 Å². The van der Waals surface area contributed by atoms with Crippen LogP contribution in [0.5, 0.6) is 17.2 Å². The first-order chi connectivity index (χ1) is 25.0. The maximum absolute atomic E-state index is 11.5. The Morgan fingerprint density at radius 2 is 1.50 bits per heavy atom. The fourth-order valence-corrected chi connectivity index (χ4v) is 10.7. The number of aromatic hydroxyl groups is 1. The Labute approximate surface area is 308 Å². The third-order valence-corrected chi connectivity index (χ3v) is 14.7. The van der Waals surface area contributed by atoms with Crippen LogP contribution in [0.3, 0.4) is 0 Å². The van der Waals surface area contributed by atoms with E-state index in [1.54, 1.807) is 6.07 Å². The molecule has 0 bridgehead atoms. The predicted octanol–water partition coefficient (Wildman–Crippen LogP) is 12.0. The summed E-state index contributed by atoms with van der Waals surface area (Å²) in [6.45, 7) is 13.7. The van der Waals surface area contributed by atoms with Gasteiger partial charge in [0.15, 0.2) is 0 Å². The van der Waals surface area contributed by atoms with Gasteiger partial charge in [0.05, 0.1) is 41.4 Å². The summed E-state index contributed by atoms with van der Waals surface area (Å²) >= 11 is 1.85. The number of phenols is 1. The minimum absolute atomic E-state index is 0.118. The van der Waals surface area contributed by atoms with Crippen LogP contribution >= 0.6 is 11.3 Å². The Morgan fingerprint density at radius 1 is 0.731 bits per heavy atom. The van der Waals surface area contributed by atoms with Crippen LogP contribution in [-0.2, 0) is 5.41 Å². The van der Waals surface area contributed by atoms with Gasteiger partial charge in [0.25, 0.3) is 0 Å². The average Bonchev–Trinajstić information content (AvgIpc) is 3.71. The van der Waals surface area contributed by atoms with Crippen LogP contribution in [0.4, 0.5) is 0 Å². The Hall–Kier alpha value is -5.50. The number of phenolic OH excluding ortho intramolecular Hbond substituents is 1. The lowest BCUT2D eigenvalue weighted by Crippen LogP contribution is -2.36. The molecule has 0 radical (unpaired) electrons. The number of aromatic nitrogens is 3. The molecule has 9 rings (SSSR count). The molecule has 0 saturated carbocycles. The zero-order chi connectivity index (χ0) is 35.9. The number of hydrogen-bond donors (Lipinski definition) is 1. The molecule has 4 heterocycles. The fraction of sp³-hybridized carbons (Fsp3) is 0.156. The van der Waals surface area contributed by atoms with Crippen molar-refractivity contribution in [1.29, 1.82) is 0 Å². The standard InChI is InChI=1S/C45H39N3O2SSi/c1-45(2,3)29-20-21-36(49)32(26-29)43-47-40-31(16-12-18-35(40)48(43)34-17-11-10-15-30(34)27-13-8-7-9-14-27)28-19-22-37-33(25-28)41-39-38(23-24-46-41)51-44(42(39)50-37)52(4,5)6/h7-26,49H,1-6H3. The van der Waals surface area contributed by atoms with Crippen LogP contribution < -0.4 is 9.24 Å². The zero-order valence-electron chi connectivity index (χ0n) is 30.2. The summed E-state index contributed by atoms with van der Waals surface area (Å²) in [6.07, 6.45) is 1.92. The lowest BCUT2D eigenvalue weighted by atomic mass is 9.86. The van der Waals surface area contributed by atoms with Crippen molar-refractivity contribution in [1.82, 2.24) is 14.5 Å². The van der Waals surface area contributed by atoms with Gasteiger partial charge < -0.3 is 9.84 Å². The molecule has 0 fully saturated rings. The molecule has 1 aliphatic heterocycles. The molecule has 0 saturated heterocycles. The van der Waals surface area contributed by atoms with Crippen LogP contribution in [0.1, 0.15) is 26.3 Å². The molecule has 0 unspecified atom stereocenters. The van der Waals surface area contributed by atoms with E-state index in [0.29, 0.717) is 11.4 Å². The van der Waals surface area contributed by atoms with Gasteiger partial charge in [-0.15, -0.1) is 11.3 Å². The first-order valence-electron chi connectivity index (χ1n) is 17.7. The monoisotopic (exact) mass is 713 g/mol. The van der Waals surface area contributed by atoms with E-state index in [1.165, 1.54) is 9.20 Å². The molecule has 52 heavy (non-hydrogen) atoms. The van der Waals surface area contributed by atoms with Gasteiger partial charge in [0, 0.05) is 32.1 Å². The van der Waals surface area contributed by atoms with E-state index >= 15 is 0 Å². The smallest absolute Gasteiger partial charge is 0.149 e. The molecule has 3 aromatic heterocycles. The Bertz CT molecular complexity index is 2700. The molecule has 1 N–H and O–H groups in total. The van der Waals surface area contributed by atoms with Crippen LogP contribution in [0.2, 0.25) is 19.6 Å². The largest absolute Gasteiger partial charge is 0.507 e. The van der Waals surface area contributed by atoms with E-state index in [4.69, 9.17) is 14.7 Å². The van der Waals surface area contributed by atoms with Crippen LogP contribution in [-0.4, -0.2) is 27.7 Å². The third kappa shape index (κ3) is 5.18. The molecule has 5 aromatic carbocycles. The molecule has 256 valence electrons. The summed E-state index contributed by atoms with van der Waals surface area (Å²) in [5.41, 5.74) is 10.6. The molecular formula is C45H39N3O2SSi. The van der Waals surface area contributed by atoms with Crippen molar-refractivity contribution in [3.63, 3.8) is 0 Å². The normalized spacial score (nSPS) is 12.7. The second-order valence-corrected chi connectivity index (χ2v) is 22.1. The molecule has 8 aromatic rings. The number of para-hydroxylation sites is 2. The third-order valence-electron chi connectivity index (χ3n) is 10.0. The number of fused-ring (bicyclic) bond motifs is 3. The summed E-state index contributed by atoms with van der Waals surface area (Å²) in [6, 6.07) is 39.7. The Kier molecular flexibility index (Phi) is 7.33. The first kappa shape index (κ1) is 32.4. The minimum Gasteiger partial charge on any atom is -0.507 e. The maximum atomic E-state index is 11.5. The average molecular weight is 714 g/mol. The van der Waals surface area contributed by atoms with E-state index in [1.807, 2.05) is 29.7 Å². The molecule has 0 aliphatic carbocycles. The highest BCUT2D eigenvalue weighted by molar-refractivity contribution is 7.32. The van der Waals surface area contributed by atoms with Crippen LogP contribution in [0.25, 0.3) is 71.7 Å². The van der Waals surface area contributed by atoms with Crippen LogP contribution in [0.15, 0.2) is 121 Å². The van der Waals surface area contributed by atoms with Gasteiger partial charge in [-0.2, -0.15) is 0 Å². The maximum Gasteiger partial charge on any atom is 0.149 e. The summed E-state index contributed by atoms with van der Waals surface area (Å²) in [5, 5.41) is 12.6. The number of thiophene rings is 1. The van der Waals surface area contributed by atoms with Crippen molar-refractivity contribution in [3.05, 3.63) is 127 Å². The highest BCUT2D eigenvalue weighted by Gasteiger charge is 2.32. The van der Waals surface area contributed by atoms with E-state index in [-0.39, 0.29) is 11.2 Å². The second-order valence-electron chi connectivity index (χ2n) is 15.7. The lowest BCUT2D eigenvalue weighted by molar-refractivity contribution is 0.475. The topological polar surface area (TPSA) is 60.2 Å². The molecule has 0 amide bonds. The molecule has 0 spiro atoms. The van der Waals surface area contributed by atoms with Gasteiger partial charge in [-0.1, -0.05) is 113 Å². The van der Waals surface area contributed by atoms with Crippen molar-refractivity contribution in [2.45, 2.75) is 45.8 Å². The summed E-state index contributed by atoms with van der Waals surface area (Å²) in [5.74, 6) is 2.69. The van der Waals surface area contributed by atoms with E-state index in [9.17, 15) is 5.11 Å². The Balaban J connectivity index is 1.30. The van der Waals surface area contributed by atoms with E-state index < -0.39 is 8.07 Å². The summed E-state index contributed by atoms with van der Waals surface area (Å²) in [7, 11) is -1.65. The Morgan fingerprint density at radius 3 is 2.29 bits per heavy atom.